The predicted octanol–water partition coefficient (Wildman–Crippen LogP) is 6.81. The quantitative estimate of drug-likeness (QED) is 0.197. The summed E-state index contributed by atoms with van der Waals surface area (Å²) in [6, 6.07) is 15.9. The number of nitrogens with one attached hydrogen (secondary N) is 1. The van der Waals surface area contributed by atoms with Crippen LogP contribution in [-0.2, 0) is 19.3 Å². The standard InChI is InChI=1S/C36H32FN5O4S/c1-19-40-41-35(46-19)30-25(14-10-20-8-11-21(37)12-9-20)38-33-26-6-4-18-42(26)36(44)32(33)31(30)28-16-17-29(47-28)34(43)39-24-15-13-23-22(24)5-3-7-27(23)45-2/h3,5,7-9,11-12,16-17,24,26H,4,6,10,13-15,18H2,1-2H3,(H,39,43)/t24-,26+/m0/s1. The summed E-state index contributed by atoms with van der Waals surface area (Å²) in [7, 11) is 1.66. The van der Waals surface area contributed by atoms with Gasteiger partial charge in [0.25, 0.3) is 11.8 Å². The molecule has 0 spiro atoms. The summed E-state index contributed by atoms with van der Waals surface area (Å²) in [5.74, 6) is 0.978. The van der Waals surface area contributed by atoms with E-state index in [4.69, 9.17) is 14.1 Å². The molecule has 2 aromatic carbocycles. The Hall–Kier alpha value is -4.90. The second kappa shape index (κ2) is 11.7. The molecule has 1 fully saturated rings. The molecule has 5 aromatic rings. The second-order valence-corrected chi connectivity index (χ2v) is 13.3. The lowest BCUT2D eigenvalue weighted by atomic mass is 9.93. The summed E-state index contributed by atoms with van der Waals surface area (Å²) in [6.07, 6.45) is 4.49. The van der Waals surface area contributed by atoms with Crippen molar-refractivity contribution in [3.8, 4) is 27.6 Å². The molecule has 0 radical (unpaired) electrons. The average Bonchev–Trinajstić information content (AvgIpc) is 3.92. The number of benzene rings is 2. The van der Waals surface area contributed by atoms with Crippen LogP contribution in [0.5, 0.6) is 5.75 Å². The van der Waals surface area contributed by atoms with Gasteiger partial charge in [0.15, 0.2) is 0 Å². The summed E-state index contributed by atoms with van der Waals surface area (Å²) in [5, 5.41) is 11.7. The van der Waals surface area contributed by atoms with Gasteiger partial charge in [0.1, 0.15) is 11.6 Å². The summed E-state index contributed by atoms with van der Waals surface area (Å²) < 4.78 is 25.2. The van der Waals surface area contributed by atoms with E-state index in [2.05, 4.69) is 15.5 Å². The van der Waals surface area contributed by atoms with Crippen LogP contribution in [0.15, 0.2) is 59.0 Å². The highest BCUT2D eigenvalue weighted by atomic mass is 32.1. The van der Waals surface area contributed by atoms with Crippen molar-refractivity contribution in [2.24, 2.45) is 0 Å². The summed E-state index contributed by atoms with van der Waals surface area (Å²) in [4.78, 5) is 36.1. The number of amides is 2. The zero-order valence-corrected chi connectivity index (χ0v) is 26.8. The van der Waals surface area contributed by atoms with Crippen LogP contribution in [0.25, 0.3) is 21.9 Å². The third-order valence-corrected chi connectivity index (χ3v) is 10.6. The molecule has 47 heavy (non-hydrogen) atoms. The minimum absolute atomic E-state index is 0.0662. The SMILES string of the molecule is COc1cccc2c1CC[C@@H]2NC(=O)c1ccc(-c2c3c(nc(CCc4ccc(F)cc4)c2-c2nnc(C)o2)[C@H]2CCCN2C3=O)s1. The van der Waals surface area contributed by atoms with Gasteiger partial charge < -0.3 is 19.4 Å². The Morgan fingerprint density at radius 1 is 1.06 bits per heavy atom. The van der Waals surface area contributed by atoms with Crippen molar-refractivity contribution in [2.75, 3.05) is 13.7 Å². The topological polar surface area (TPSA) is 110 Å². The number of halogens is 1. The molecule has 9 nitrogen and oxygen atoms in total. The minimum atomic E-state index is -0.289. The number of carbonyl (C=O) groups excluding carboxylic acids is 2. The number of methoxy groups -OCH3 is 1. The van der Waals surface area contributed by atoms with Crippen molar-refractivity contribution in [2.45, 2.75) is 57.5 Å². The fourth-order valence-corrected chi connectivity index (χ4v) is 8.27. The number of nitrogens with zero attached hydrogens (tertiary/aromatic N) is 4. The molecule has 5 heterocycles. The Labute approximate surface area is 274 Å². The maximum absolute atomic E-state index is 14.0. The molecule has 0 bridgehead atoms. The first-order chi connectivity index (χ1) is 22.9. The Bertz CT molecular complexity index is 2040. The van der Waals surface area contributed by atoms with E-state index in [1.807, 2.05) is 35.2 Å². The van der Waals surface area contributed by atoms with E-state index in [0.29, 0.717) is 46.8 Å². The molecule has 11 heteroatoms. The molecule has 3 aliphatic rings. The normalized spacial score (nSPS) is 17.9. The molecule has 1 saturated heterocycles. The zero-order chi connectivity index (χ0) is 32.2. The third-order valence-electron chi connectivity index (χ3n) is 9.48. The van der Waals surface area contributed by atoms with Gasteiger partial charge in [-0.1, -0.05) is 24.3 Å². The highest BCUT2D eigenvalue weighted by molar-refractivity contribution is 7.17. The fourth-order valence-electron chi connectivity index (χ4n) is 7.30. The Morgan fingerprint density at radius 2 is 1.91 bits per heavy atom. The molecule has 2 aliphatic heterocycles. The van der Waals surface area contributed by atoms with Crippen molar-refractivity contribution in [3.05, 3.63) is 105 Å². The maximum Gasteiger partial charge on any atom is 0.261 e. The number of hydrogen-bond acceptors (Lipinski definition) is 8. The first-order valence-electron chi connectivity index (χ1n) is 15.9. The fraction of sp³-hybridized carbons (Fsp3) is 0.306. The number of ether oxygens (including phenoxy) is 1. The molecule has 2 amide bonds. The second-order valence-electron chi connectivity index (χ2n) is 12.2. The van der Waals surface area contributed by atoms with Gasteiger partial charge in [0.2, 0.25) is 11.8 Å². The van der Waals surface area contributed by atoms with E-state index in [1.54, 1.807) is 26.2 Å². The van der Waals surface area contributed by atoms with E-state index >= 15 is 0 Å². The van der Waals surface area contributed by atoms with Crippen molar-refractivity contribution in [1.82, 2.24) is 25.4 Å². The molecule has 1 N–H and O–H groups in total. The van der Waals surface area contributed by atoms with Crippen LogP contribution in [0.2, 0.25) is 0 Å². The van der Waals surface area contributed by atoms with Gasteiger partial charge in [-0.2, -0.15) is 0 Å². The largest absolute Gasteiger partial charge is 0.496 e. The lowest BCUT2D eigenvalue weighted by molar-refractivity contribution is 0.0776. The molecule has 0 saturated carbocycles. The van der Waals surface area contributed by atoms with Gasteiger partial charge in [0, 0.05) is 23.9 Å². The monoisotopic (exact) mass is 649 g/mol. The first kappa shape index (κ1) is 29.5. The highest BCUT2D eigenvalue weighted by Gasteiger charge is 2.45. The number of aromatic nitrogens is 3. The molecular weight excluding hydrogens is 617 g/mol. The number of rotatable bonds is 8. The van der Waals surface area contributed by atoms with Crippen LogP contribution in [0.4, 0.5) is 4.39 Å². The van der Waals surface area contributed by atoms with Crippen LogP contribution in [0.3, 0.4) is 0 Å². The lowest BCUT2D eigenvalue weighted by Crippen LogP contribution is -2.26. The molecule has 238 valence electrons. The molecule has 0 unspecified atom stereocenters. The number of hydrogen-bond donors (Lipinski definition) is 1. The highest BCUT2D eigenvalue weighted by Crippen LogP contribution is 2.49. The number of aryl methyl sites for hydroxylation is 3. The number of thiophene rings is 1. The van der Waals surface area contributed by atoms with Crippen LogP contribution >= 0.6 is 11.3 Å². The zero-order valence-electron chi connectivity index (χ0n) is 26.0. The van der Waals surface area contributed by atoms with Crippen LogP contribution in [-0.4, -0.2) is 45.6 Å². The molecular formula is C36H32FN5O4S. The van der Waals surface area contributed by atoms with Crippen LogP contribution < -0.4 is 10.1 Å². The van der Waals surface area contributed by atoms with Crippen molar-refractivity contribution in [1.29, 1.82) is 0 Å². The van der Waals surface area contributed by atoms with Gasteiger partial charge in [0.05, 0.1) is 46.6 Å². The summed E-state index contributed by atoms with van der Waals surface area (Å²) >= 11 is 1.34. The average molecular weight is 650 g/mol. The van der Waals surface area contributed by atoms with E-state index in [0.717, 1.165) is 64.4 Å². The van der Waals surface area contributed by atoms with Crippen molar-refractivity contribution >= 4 is 23.2 Å². The minimum Gasteiger partial charge on any atom is -0.496 e. The molecule has 2 atom stereocenters. The third kappa shape index (κ3) is 5.09. The van der Waals surface area contributed by atoms with E-state index in [9.17, 15) is 14.0 Å². The maximum atomic E-state index is 14.0. The Morgan fingerprint density at radius 3 is 2.70 bits per heavy atom. The van der Waals surface area contributed by atoms with E-state index in [-0.39, 0.29) is 35.6 Å². The van der Waals surface area contributed by atoms with Gasteiger partial charge in [-0.15, -0.1) is 21.5 Å². The van der Waals surface area contributed by atoms with Gasteiger partial charge in [-0.3, -0.25) is 14.6 Å². The summed E-state index contributed by atoms with van der Waals surface area (Å²) in [5.41, 5.74) is 6.47. The van der Waals surface area contributed by atoms with Gasteiger partial charge >= 0.3 is 0 Å². The summed E-state index contributed by atoms with van der Waals surface area (Å²) in [6.45, 7) is 2.39. The van der Waals surface area contributed by atoms with Crippen molar-refractivity contribution < 1.29 is 23.1 Å². The van der Waals surface area contributed by atoms with Crippen molar-refractivity contribution in [3.63, 3.8) is 0 Å². The predicted molar refractivity (Wildman–Crippen MR) is 174 cm³/mol. The van der Waals surface area contributed by atoms with E-state index < -0.39 is 0 Å². The van der Waals surface area contributed by atoms with Crippen LogP contribution in [0, 0.1) is 12.7 Å². The first-order valence-corrected chi connectivity index (χ1v) is 16.7. The van der Waals surface area contributed by atoms with Gasteiger partial charge in [-0.25, -0.2) is 4.39 Å². The number of fused-ring (bicyclic) bond motifs is 4. The Kier molecular flexibility index (Phi) is 7.35. The molecule has 3 aromatic heterocycles. The Balaban J connectivity index is 1.21. The van der Waals surface area contributed by atoms with E-state index in [1.165, 1.54) is 23.5 Å². The number of pyridine rings is 1. The van der Waals surface area contributed by atoms with Crippen LogP contribution in [0.1, 0.15) is 85.3 Å². The molecule has 1 aliphatic carbocycles. The lowest BCUT2D eigenvalue weighted by Gasteiger charge is -2.16. The number of carbonyl (C=O) groups is 2. The molecule has 8 rings (SSSR count). The smallest absolute Gasteiger partial charge is 0.261 e. The van der Waals surface area contributed by atoms with Gasteiger partial charge in [-0.05, 0) is 85.5 Å².